The highest BCUT2D eigenvalue weighted by Gasteiger charge is 2.34. The number of hydrogen-bond donors (Lipinski definition) is 10. The number of guanidine groups is 1. The van der Waals surface area contributed by atoms with Gasteiger partial charge in [-0.3, -0.25) is 29.0 Å². The lowest BCUT2D eigenvalue weighted by Crippen LogP contribution is -2.60. The van der Waals surface area contributed by atoms with Gasteiger partial charge in [0.25, 0.3) is 0 Å². The molecule has 18 heteroatoms. The summed E-state index contributed by atoms with van der Waals surface area (Å²) in [7, 11) is 0. The van der Waals surface area contributed by atoms with Crippen molar-refractivity contribution in [3.05, 3.63) is 54.1 Å². The molecule has 5 amide bonds. The Morgan fingerprint density at radius 1 is 0.815 bits per heavy atom. The number of carboxylic acids is 1. The van der Waals surface area contributed by atoms with E-state index in [4.69, 9.17) is 17.2 Å². The highest BCUT2D eigenvalue weighted by Crippen LogP contribution is 2.13. The first kappa shape index (κ1) is 44.6. The molecule has 1 heterocycles. The Bertz CT molecular complexity index is 1550. The van der Waals surface area contributed by atoms with Gasteiger partial charge in [0, 0.05) is 31.3 Å². The molecule has 0 radical (unpaired) electrons. The van der Waals surface area contributed by atoms with Gasteiger partial charge in [-0.25, -0.2) is 9.78 Å². The van der Waals surface area contributed by atoms with Crippen molar-refractivity contribution in [1.82, 2.24) is 36.6 Å². The molecule has 2 aromatic rings. The van der Waals surface area contributed by atoms with Crippen LogP contribution in [-0.4, -0.2) is 99.3 Å². The second kappa shape index (κ2) is 22.5. The molecule has 0 aliphatic carbocycles. The molecule has 0 saturated carbocycles. The van der Waals surface area contributed by atoms with Gasteiger partial charge in [0.2, 0.25) is 29.5 Å². The molecule has 1 aromatic heterocycles. The standard InChI is InChI=1S/C36H57N11O7/c1-6-21(4)29(34(52)46-28(35(53)54)16-23-11-8-7-9-12-23)47-33(51)27(15-20(2)3)45-32(50)26(13-10-14-41-36(38)39)44-30(48)22(5)43-31(49)25(37)17-24-18-40-19-42-24/h7-9,11-12,18-22,25-29H,6,10,13-17,37H2,1-5H3,(H,40,42)(H,43,49)(H,44,48)(H,45,50)(H,46,52)(H,47,51)(H,53,54)(H4,38,39,41)/t21-,22-,25-,26-,27-,28-,29-/m0/s1. The van der Waals surface area contributed by atoms with Crippen molar-refractivity contribution in [2.24, 2.45) is 34.0 Å². The van der Waals surface area contributed by atoms with Crippen LogP contribution in [0.15, 0.2) is 47.8 Å². The number of aliphatic carboxylic acids is 1. The van der Waals surface area contributed by atoms with E-state index in [-0.39, 0.29) is 50.5 Å². The van der Waals surface area contributed by atoms with Gasteiger partial charge in [-0.15, -0.1) is 0 Å². The van der Waals surface area contributed by atoms with E-state index in [1.807, 2.05) is 20.8 Å². The van der Waals surface area contributed by atoms with Crippen molar-refractivity contribution in [2.75, 3.05) is 6.54 Å². The monoisotopic (exact) mass is 755 g/mol. The Kier molecular flexibility index (Phi) is 18.6. The van der Waals surface area contributed by atoms with Crippen LogP contribution in [0.25, 0.3) is 0 Å². The number of nitrogens with one attached hydrogen (secondary N) is 6. The predicted octanol–water partition coefficient (Wildman–Crippen LogP) is -0.804. The first-order valence-corrected chi connectivity index (χ1v) is 18.1. The maximum Gasteiger partial charge on any atom is 0.326 e. The molecule has 0 unspecified atom stereocenters. The summed E-state index contributed by atoms with van der Waals surface area (Å²) in [6.07, 6.45) is 4.17. The first-order chi connectivity index (χ1) is 25.5. The van der Waals surface area contributed by atoms with E-state index in [1.165, 1.54) is 19.4 Å². The highest BCUT2D eigenvalue weighted by molar-refractivity contribution is 5.96. The number of imidazole rings is 1. The van der Waals surface area contributed by atoms with Gasteiger partial charge in [-0.1, -0.05) is 64.4 Å². The Morgan fingerprint density at radius 2 is 1.44 bits per heavy atom. The van der Waals surface area contributed by atoms with Gasteiger partial charge >= 0.3 is 5.97 Å². The maximum atomic E-state index is 13.8. The quantitative estimate of drug-likeness (QED) is 0.0380. The summed E-state index contributed by atoms with van der Waals surface area (Å²) in [6.45, 7) is 8.87. The van der Waals surface area contributed by atoms with E-state index in [1.54, 1.807) is 37.3 Å². The summed E-state index contributed by atoms with van der Waals surface area (Å²) < 4.78 is 0. The predicted molar refractivity (Wildman–Crippen MR) is 202 cm³/mol. The Balaban J connectivity index is 2.22. The largest absolute Gasteiger partial charge is 0.480 e. The summed E-state index contributed by atoms with van der Waals surface area (Å²) in [5.74, 6) is -5.17. The number of aromatic amines is 1. The smallest absolute Gasteiger partial charge is 0.326 e. The molecule has 2 rings (SSSR count). The van der Waals surface area contributed by atoms with E-state index in [0.29, 0.717) is 17.7 Å². The third kappa shape index (κ3) is 15.6. The number of amides is 5. The zero-order valence-corrected chi connectivity index (χ0v) is 31.6. The lowest BCUT2D eigenvalue weighted by atomic mass is 9.96. The number of carboxylic acid groups (broad SMARTS) is 1. The van der Waals surface area contributed by atoms with Gasteiger partial charge in [-0.2, -0.15) is 0 Å². The molecular weight excluding hydrogens is 698 g/mol. The number of benzene rings is 1. The van der Waals surface area contributed by atoms with Gasteiger partial charge in [0.15, 0.2) is 5.96 Å². The number of aromatic nitrogens is 2. The summed E-state index contributed by atoms with van der Waals surface area (Å²) in [4.78, 5) is 89.9. The fourth-order valence-electron chi connectivity index (χ4n) is 5.42. The van der Waals surface area contributed by atoms with Crippen LogP contribution in [0, 0.1) is 11.8 Å². The minimum Gasteiger partial charge on any atom is -0.480 e. The molecule has 0 aliphatic heterocycles. The molecule has 18 nitrogen and oxygen atoms in total. The zero-order valence-electron chi connectivity index (χ0n) is 31.6. The summed E-state index contributed by atoms with van der Waals surface area (Å²) in [6, 6.07) is 2.09. The number of hydrogen-bond acceptors (Lipinski definition) is 9. The van der Waals surface area contributed by atoms with E-state index < -0.39 is 77.7 Å². The lowest BCUT2D eigenvalue weighted by Gasteiger charge is -2.29. The molecule has 0 saturated heterocycles. The maximum absolute atomic E-state index is 13.8. The van der Waals surface area contributed by atoms with Crippen LogP contribution in [0.1, 0.15) is 71.6 Å². The third-order valence-electron chi connectivity index (χ3n) is 8.69. The molecule has 0 spiro atoms. The average molecular weight is 756 g/mol. The van der Waals surface area contributed by atoms with E-state index in [9.17, 15) is 33.9 Å². The minimum atomic E-state index is -1.25. The highest BCUT2D eigenvalue weighted by atomic mass is 16.4. The van der Waals surface area contributed by atoms with Crippen molar-refractivity contribution < 1.29 is 33.9 Å². The second-order valence-corrected chi connectivity index (χ2v) is 13.8. The van der Waals surface area contributed by atoms with Gasteiger partial charge in [0.05, 0.1) is 12.4 Å². The van der Waals surface area contributed by atoms with E-state index in [0.717, 1.165) is 0 Å². The molecule has 13 N–H and O–H groups in total. The van der Waals surface area contributed by atoms with Gasteiger partial charge < -0.3 is 53.9 Å². The molecule has 7 atom stereocenters. The SMILES string of the molecule is CC[C@H](C)[C@H](NC(=O)[C@H](CC(C)C)NC(=O)[C@H](CCCN=C(N)N)NC(=O)[C@H](C)NC(=O)[C@@H](N)Cc1cnc[nH]1)C(=O)N[C@@H](Cc1ccccc1)C(=O)O. The number of aliphatic imine (C=N–C) groups is 1. The number of rotatable bonds is 23. The van der Waals surface area contributed by atoms with Gasteiger partial charge in [-0.05, 0) is 43.6 Å². The number of carbonyl (C=O) groups excluding carboxylic acids is 5. The number of nitrogens with zero attached hydrogens (tertiary/aromatic N) is 2. The van der Waals surface area contributed by atoms with E-state index >= 15 is 0 Å². The molecular formula is C36H57N11O7. The zero-order chi connectivity index (χ0) is 40.4. The Hall–Kier alpha value is -5.52. The van der Waals surface area contributed by atoms with Crippen LogP contribution in [0.2, 0.25) is 0 Å². The van der Waals surface area contributed by atoms with E-state index in [2.05, 4.69) is 41.5 Å². The van der Waals surface area contributed by atoms with Crippen LogP contribution >= 0.6 is 0 Å². The molecule has 0 aliphatic rings. The molecule has 1 aromatic carbocycles. The van der Waals surface area contributed by atoms with Crippen LogP contribution < -0.4 is 43.8 Å². The number of carbonyl (C=O) groups is 6. The van der Waals surface area contributed by atoms with Crippen LogP contribution in [-0.2, 0) is 41.6 Å². The van der Waals surface area contributed by atoms with Crippen molar-refractivity contribution in [3.63, 3.8) is 0 Å². The van der Waals surface area contributed by atoms with Crippen molar-refractivity contribution in [2.45, 2.75) is 109 Å². The fourth-order valence-corrected chi connectivity index (χ4v) is 5.42. The first-order valence-electron chi connectivity index (χ1n) is 18.1. The summed E-state index contributed by atoms with van der Waals surface area (Å²) in [5.41, 5.74) is 18.2. The van der Waals surface area contributed by atoms with Gasteiger partial charge in [0.1, 0.15) is 30.2 Å². The normalized spacial score (nSPS) is 14.9. The third-order valence-corrected chi connectivity index (χ3v) is 8.69. The fraction of sp³-hybridized carbons (Fsp3) is 0.556. The average Bonchev–Trinajstić information content (AvgIpc) is 3.63. The molecule has 54 heavy (non-hydrogen) atoms. The number of nitrogens with two attached hydrogens (primary N) is 3. The van der Waals surface area contributed by atoms with Crippen LogP contribution in [0.3, 0.4) is 0 Å². The van der Waals surface area contributed by atoms with Crippen molar-refractivity contribution in [1.29, 1.82) is 0 Å². The van der Waals surface area contributed by atoms with Crippen LogP contribution in [0.5, 0.6) is 0 Å². The molecule has 298 valence electrons. The Labute approximate surface area is 315 Å². The Morgan fingerprint density at radius 3 is 2.02 bits per heavy atom. The molecule has 0 bridgehead atoms. The van der Waals surface area contributed by atoms with Crippen molar-refractivity contribution >= 4 is 41.5 Å². The minimum absolute atomic E-state index is 0.0334. The summed E-state index contributed by atoms with van der Waals surface area (Å²) >= 11 is 0. The number of H-pyrrole nitrogens is 1. The van der Waals surface area contributed by atoms with Crippen molar-refractivity contribution in [3.8, 4) is 0 Å². The summed E-state index contributed by atoms with van der Waals surface area (Å²) in [5, 5.41) is 23.1. The molecule has 0 fully saturated rings. The van der Waals surface area contributed by atoms with Crippen LogP contribution in [0.4, 0.5) is 0 Å². The second-order valence-electron chi connectivity index (χ2n) is 13.8. The lowest BCUT2D eigenvalue weighted by molar-refractivity contribution is -0.142. The topological polar surface area (TPSA) is 302 Å².